The fourth-order valence-corrected chi connectivity index (χ4v) is 3.08. The highest BCUT2D eigenvalue weighted by molar-refractivity contribution is 6.04. The number of aromatic nitrogens is 2. The van der Waals surface area contributed by atoms with E-state index >= 15 is 0 Å². The summed E-state index contributed by atoms with van der Waals surface area (Å²) >= 11 is 0. The van der Waals surface area contributed by atoms with Crippen LogP contribution in [0.15, 0.2) is 71.5 Å². The second-order valence-corrected chi connectivity index (χ2v) is 6.45. The third-order valence-corrected chi connectivity index (χ3v) is 4.51. The largest absolute Gasteiger partial charge is 0.322 e. The van der Waals surface area contributed by atoms with Crippen LogP contribution < -0.4 is 10.9 Å². The van der Waals surface area contributed by atoms with E-state index in [9.17, 15) is 18.4 Å². The molecule has 4 aromatic rings. The van der Waals surface area contributed by atoms with Crippen LogP contribution in [0, 0.1) is 18.6 Å². The Kier molecular flexibility index (Phi) is 4.64. The smallest absolute Gasteiger partial charge is 0.265 e. The lowest BCUT2D eigenvalue weighted by Gasteiger charge is -2.12. The van der Waals surface area contributed by atoms with Gasteiger partial charge in [0.25, 0.3) is 11.5 Å². The molecule has 0 saturated heterocycles. The van der Waals surface area contributed by atoms with Gasteiger partial charge in [-0.3, -0.25) is 14.2 Å². The predicted molar refractivity (Wildman–Crippen MR) is 106 cm³/mol. The number of carbonyl (C=O) groups excluding carboxylic acids is 1. The van der Waals surface area contributed by atoms with Gasteiger partial charge in [0.05, 0.1) is 16.6 Å². The number of para-hydroxylation sites is 1. The van der Waals surface area contributed by atoms with Gasteiger partial charge in [0.2, 0.25) is 0 Å². The number of benzene rings is 3. The monoisotopic (exact) mass is 391 g/mol. The third-order valence-electron chi connectivity index (χ3n) is 4.51. The normalized spacial score (nSPS) is 10.9. The molecule has 0 fully saturated rings. The van der Waals surface area contributed by atoms with E-state index in [0.29, 0.717) is 28.1 Å². The van der Waals surface area contributed by atoms with Crippen LogP contribution >= 0.6 is 0 Å². The first-order valence-electron chi connectivity index (χ1n) is 8.79. The Morgan fingerprint density at radius 1 is 0.966 bits per heavy atom. The topological polar surface area (TPSA) is 64.0 Å². The number of aryl methyl sites for hydroxylation is 1. The molecule has 29 heavy (non-hydrogen) atoms. The molecule has 0 unspecified atom stereocenters. The second-order valence-electron chi connectivity index (χ2n) is 6.45. The molecular formula is C22H15F2N3O2. The van der Waals surface area contributed by atoms with Crippen LogP contribution in [-0.4, -0.2) is 15.5 Å². The van der Waals surface area contributed by atoms with Crippen molar-refractivity contribution < 1.29 is 13.6 Å². The number of amides is 1. The molecule has 7 heteroatoms. The lowest BCUT2D eigenvalue weighted by atomic mass is 10.2. The number of hydrogen-bond donors (Lipinski definition) is 1. The molecule has 0 bridgehead atoms. The summed E-state index contributed by atoms with van der Waals surface area (Å²) < 4.78 is 27.8. The molecule has 4 rings (SSSR count). The van der Waals surface area contributed by atoms with Gasteiger partial charge in [-0.05, 0) is 61.5 Å². The summed E-state index contributed by atoms with van der Waals surface area (Å²) in [4.78, 5) is 29.5. The molecule has 144 valence electrons. The molecule has 1 heterocycles. The first kappa shape index (κ1) is 18.5. The van der Waals surface area contributed by atoms with Crippen molar-refractivity contribution in [1.82, 2.24) is 9.55 Å². The molecule has 5 nitrogen and oxygen atoms in total. The van der Waals surface area contributed by atoms with Crippen molar-refractivity contribution in [3.8, 4) is 5.69 Å². The van der Waals surface area contributed by atoms with Gasteiger partial charge in [-0.15, -0.1) is 0 Å². The standard InChI is InChI=1S/C22H15F2N3O2/c1-13-25-20-5-3-2-4-17(20)22(29)27(13)16-9-7-15(8-10-16)26-21(28)14-6-11-18(23)19(24)12-14/h2-12H,1H3,(H,26,28). The first-order valence-corrected chi connectivity index (χ1v) is 8.79. The molecular weight excluding hydrogens is 376 g/mol. The van der Waals surface area contributed by atoms with Gasteiger partial charge in [-0.2, -0.15) is 0 Å². The maximum absolute atomic E-state index is 13.3. The fourth-order valence-electron chi connectivity index (χ4n) is 3.08. The van der Waals surface area contributed by atoms with E-state index in [1.54, 1.807) is 49.4 Å². The van der Waals surface area contributed by atoms with Crippen LogP contribution in [0.4, 0.5) is 14.5 Å². The van der Waals surface area contributed by atoms with Gasteiger partial charge in [0.15, 0.2) is 11.6 Å². The predicted octanol–water partition coefficient (Wildman–Crippen LogP) is 4.22. The summed E-state index contributed by atoms with van der Waals surface area (Å²) in [5.74, 6) is -2.15. The molecule has 0 radical (unpaired) electrons. The molecule has 1 N–H and O–H groups in total. The number of anilines is 1. The van der Waals surface area contributed by atoms with Gasteiger partial charge < -0.3 is 5.32 Å². The number of rotatable bonds is 3. The van der Waals surface area contributed by atoms with Crippen molar-refractivity contribution in [2.75, 3.05) is 5.32 Å². The minimum atomic E-state index is -1.09. The van der Waals surface area contributed by atoms with Crippen molar-refractivity contribution in [3.63, 3.8) is 0 Å². The average Bonchev–Trinajstić information content (AvgIpc) is 2.71. The number of nitrogens with zero attached hydrogens (tertiary/aromatic N) is 2. The zero-order valence-electron chi connectivity index (χ0n) is 15.3. The van der Waals surface area contributed by atoms with Crippen molar-refractivity contribution in [3.05, 3.63) is 100 Å². The minimum Gasteiger partial charge on any atom is -0.322 e. The molecule has 0 aliphatic rings. The molecule has 0 aliphatic carbocycles. The second kappa shape index (κ2) is 7.27. The average molecular weight is 391 g/mol. The Morgan fingerprint density at radius 3 is 2.41 bits per heavy atom. The summed E-state index contributed by atoms with van der Waals surface area (Å²) in [7, 11) is 0. The molecule has 0 spiro atoms. The van der Waals surface area contributed by atoms with E-state index in [1.807, 2.05) is 6.07 Å². The lowest BCUT2D eigenvalue weighted by molar-refractivity contribution is 0.102. The molecule has 0 aliphatic heterocycles. The van der Waals surface area contributed by atoms with Crippen LogP contribution in [0.25, 0.3) is 16.6 Å². The van der Waals surface area contributed by atoms with E-state index in [1.165, 1.54) is 10.6 Å². The Morgan fingerprint density at radius 2 is 1.69 bits per heavy atom. The van der Waals surface area contributed by atoms with E-state index in [4.69, 9.17) is 0 Å². The van der Waals surface area contributed by atoms with Crippen molar-refractivity contribution >= 4 is 22.5 Å². The number of carbonyl (C=O) groups is 1. The van der Waals surface area contributed by atoms with Crippen LogP contribution in [0.1, 0.15) is 16.2 Å². The van der Waals surface area contributed by atoms with Crippen molar-refractivity contribution in [2.45, 2.75) is 6.92 Å². The summed E-state index contributed by atoms with van der Waals surface area (Å²) in [6, 6.07) is 16.6. The number of halogens is 2. The maximum Gasteiger partial charge on any atom is 0.265 e. The highest BCUT2D eigenvalue weighted by atomic mass is 19.2. The first-order chi connectivity index (χ1) is 13.9. The van der Waals surface area contributed by atoms with Crippen molar-refractivity contribution in [2.24, 2.45) is 0 Å². The fraction of sp³-hybridized carbons (Fsp3) is 0.0455. The third kappa shape index (κ3) is 3.50. The molecule has 0 saturated carbocycles. The zero-order chi connectivity index (χ0) is 20.5. The van der Waals surface area contributed by atoms with Crippen LogP contribution in [0.3, 0.4) is 0 Å². The lowest BCUT2D eigenvalue weighted by Crippen LogP contribution is -2.22. The minimum absolute atomic E-state index is 0.00114. The maximum atomic E-state index is 13.3. The summed E-state index contributed by atoms with van der Waals surface area (Å²) in [6.07, 6.45) is 0. The van der Waals surface area contributed by atoms with E-state index in [-0.39, 0.29) is 11.1 Å². The molecule has 3 aromatic carbocycles. The van der Waals surface area contributed by atoms with Crippen molar-refractivity contribution in [1.29, 1.82) is 0 Å². The number of hydrogen-bond acceptors (Lipinski definition) is 3. The summed E-state index contributed by atoms with van der Waals surface area (Å²) in [5, 5.41) is 3.12. The molecule has 0 atom stereocenters. The van der Waals surface area contributed by atoms with E-state index in [2.05, 4.69) is 10.3 Å². The van der Waals surface area contributed by atoms with Gasteiger partial charge >= 0.3 is 0 Å². The summed E-state index contributed by atoms with van der Waals surface area (Å²) in [5.41, 5.74) is 1.48. The highest BCUT2D eigenvalue weighted by Gasteiger charge is 2.12. The Bertz CT molecular complexity index is 1300. The van der Waals surface area contributed by atoms with Gasteiger partial charge in [0, 0.05) is 11.3 Å². The Balaban J connectivity index is 1.63. The van der Waals surface area contributed by atoms with Crippen LogP contribution in [0.5, 0.6) is 0 Å². The van der Waals surface area contributed by atoms with Gasteiger partial charge in [-0.1, -0.05) is 12.1 Å². The molecule has 1 amide bonds. The number of fused-ring (bicyclic) bond motifs is 1. The SMILES string of the molecule is Cc1nc2ccccc2c(=O)n1-c1ccc(NC(=O)c2ccc(F)c(F)c2)cc1. The van der Waals surface area contributed by atoms with Gasteiger partial charge in [0.1, 0.15) is 5.82 Å². The quantitative estimate of drug-likeness (QED) is 0.569. The summed E-state index contributed by atoms with van der Waals surface area (Å²) in [6.45, 7) is 1.74. The van der Waals surface area contributed by atoms with Gasteiger partial charge in [-0.25, -0.2) is 13.8 Å². The number of nitrogens with one attached hydrogen (secondary N) is 1. The van der Waals surface area contributed by atoms with Crippen LogP contribution in [0.2, 0.25) is 0 Å². The Labute approximate surface area is 164 Å². The Hall–Kier alpha value is -3.87. The van der Waals surface area contributed by atoms with E-state index in [0.717, 1.165) is 12.1 Å². The molecule has 1 aromatic heterocycles. The highest BCUT2D eigenvalue weighted by Crippen LogP contribution is 2.17. The van der Waals surface area contributed by atoms with E-state index < -0.39 is 17.5 Å². The zero-order valence-corrected chi connectivity index (χ0v) is 15.3. The van der Waals surface area contributed by atoms with Crippen LogP contribution in [-0.2, 0) is 0 Å².